The Hall–Kier alpha value is 0.490. The summed E-state index contributed by atoms with van der Waals surface area (Å²) in [4.78, 5) is 0. The zero-order chi connectivity index (χ0) is 11.1. The van der Waals surface area contributed by atoms with Crippen LogP contribution in [0.15, 0.2) is 15.2 Å². The van der Waals surface area contributed by atoms with Crippen molar-refractivity contribution in [1.29, 1.82) is 0 Å². The molecule has 4 heteroatoms. The van der Waals surface area contributed by atoms with Gasteiger partial charge in [0.1, 0.15) is 5.60 Å². The molecule has 1 aromatic rings. The van der Waals surface area contributed by atoms with Crippen molar-refractivity contribution >= 4 is 39.0 Å². The summed E-state index contributed by atoms with van der Waals surface area (Å²) >= 11 is 7.02. The molecule has 0 bridgehead atoms. The quantitative estimate of drug-likeness (QED) is 0.850. The molecule has 84 valence electrons. The van der Waals surface area contributed by atoms with E-state index in [4.69, 9.17) is 0 Å². The Kier molecular flexibility index (Phi) is 3.24. The SMILES string of the molecule is CC1(C)CCSCC1(O)c1cscc1Br. The summed E-state index contributed by atoms with van der Waals surface area (Å²) in [5.41, 5.74) is 0.334. The fraction of sp³-hybridized carbons (Fsp3) is 0.636. The van der Waals surface area contributed by atoms with Gasteiger partial charge in [-0.15, -0.1) is 0 Å². The van der Waals surface area contributed by atoms with Crippen molar-refractivity contribution in [2.75, 3.05) is 11.5 Å². The molecular formula is C11H15BrOS2. The third-order valence-corrected chi connectivity index (χ3v) is 6.18. The second-order valence-electron chi connectivity index (χ2n) is 4.68. The zero-order valence-corrected chi connectivity index (χ0v) is 12.1. The molecule has 2 rings (SSSR count). The minimum absolute atomic E-state index is 0.0398. The lowest BCUT2D eigenvalue weighted by molar-refractivity contribution is -0.0580. The number of thioether (sulfide) groups is 1. The molecule has 1 saturated heterocycles. The number of thiophene rings is 1. The minimum atomic E-state index is -0.686. The van der Waals surface area contributed by atoms with Crippen molar-refractivity contribution in [2.24, 2.45) is 5.41 Å². The molecule has 1 aromatic heterocycles. The van der Waals surface area contributed by atoms with Crippen molar-refractivity contribution in [3.8, 4) is 0 Å². The summed E-state index contributed by atoms with van der Waals surface area (Å²) in [5.74, 6) is 1.95. The third-order valence-electron chi connectivity index (χ3n) is 3.36. The number of halogens is 1. The Morgan fingerprint density at radius 3 is 2.67 bits per heavy atom. The van der Waals surface area contributed by atoms with Crippen LogP contribution in [0.5, 0.6) is 0 Å². The van der Waals surface area contributed by atoms with Gasteiger partial charge in [0.15, 0.2) is 0 Å². The van der Waals surface area contributed by atoms with Gasteiger partial charge in [0.2, 0.25) is 0 Å². The second-order valence-corrected chi connectivity index (χ2v) is 7.38. The Balaban J connectivity index is 2.44. The maximum Gasteiger partial charge on any atom is 0.106 e. The molecule has 0 aliphatic carbocycles. The number of hydrogen-bond acceptors (Lipinski definition) is 3. The van der Waals surface area contributed by atoms with Crippen LogP contribution in [0.4, 0.5) is 0 Å². The topological polar surface area (TPSA) is 20.2 Å². The van der Waals surface area contributed by atoms with E-state index < -0.39 is 5.60 Å². The molecule has 1 nitrogen and oxygen atoms in total. The van der Waals surface area contributed by atoms with Gasteiger partial charge in [0, 0.05) is 21.2 Å². The molecule has 1 atom stereocenters. The predicted octanol–water partition coefficient (Wildman–Crippen LogP) is 3.86. The van der Waals surface area contributed by atoms with Crippen molar-refractivity contribution in [2.45, 2.75) is 25.9 Å². The lowest BCUT2D eigenvalue weighted by Crippen LogP contribution is -2.47. The monoisotopic (exact) mass is 306 g/mol. The average Bonchev–Trinajstić information content (AvgIpc) is 2.57. The second kappa shape index (κ2) is 4.06. The highest BCUT2D eigenvalue weighted by Gasteiger charge is 2.47. The molecule has 15 heavy (non-hydrogen) atoms. The summed E-state index contributed by atoms with van der Waals surface area (Å²) in [6, 6.07) is 0. The number of hydrogen-bond donors (Lipinski definition) is 1. The van der Waals surface area contributed by atoms with E-state index in [-0.39, 0.29) is 5.41 Å². The van der Waals surface area contributed by atoms with Gasteiger partial charge in [-0.05, 0) is 38.9 Å². The van der Waals surface area contributed by atoms with Gasteiger partial charge in [-0.2, -0.15) is 23.1 Å². The maximum absolute atomic E-state index is 10.9. The van der Waals surface area contributed by atoms with E-state index in [2.05, 4.69) is 35.2 Å². The van der Waals surface area contributed by atoms with E-state index in [0.29, 0.717) is 0 Å². The molecule has 1 aliphatic heterocycles. The van der Waals surface area contributed by atoms with Gasteiger partial charge in [-0.25, -0.2) is 0 Å². The molecule has 0 saturated carbocycles. The smallest absolute Gasteiger partial charge is 0.106 e. The van der Waals surface area contributed by atoms with E-state index in [1.165, 1.54) is 0 Å². The van der Waals surface area contributed by atoms with Gasteiger partial charge in [-0.1, -0.05) is 13.8 Å². The Morgan fingerprint density at radius 2 is 2.13 bits per heavy atom. The first kappa shape index (κ1) is 12.0. The Labute approximate surface area is 107 Å². The van der Waals surface area contributed by atoms with Gasteiger partial charge in [-0.3, -0.25) is 0 Å². The van der Waals surface area contributed by atoms with Crippen molar-refractivity contribution in [1.82, 2.24) is 0 Å². The van der Waals surface area contributed by atoms with Crippen LogP contribution in [0, 0.1) is 5.41 Å². The van der Waals surface area contributed by atoms with Crippen LogP contribution < -0.4 is 0 Å². The molecule has 0 amide bonds. The van der Waals surface area contributed by atoms with Gasteiger partial charge >= 0.3 is 0 Å². The normalized spacial score (nSPS) is 30.4. The maximum atomic E-state index is 10.9. The molecule has 2 heterocycles. The van der Waals surface area contributed by atoms with Crippen molar-refractivity contribution < 1.29 is 5.11 Å². The van der Waals surface area contributed by atoms with Crippen LogP contribution in [0.2, 0.25) is 0 Å². The largest absolute Gasteiger partial charge is 0.384 e. The van der Waals surface area contributed by atoms with Crippen LogP contribution in [0.1, 0.15) is 25.8 Å². The van der Waals surface area contributed by atoms with Crippen LogP contribution >= 0.6 is 39.0 Å². The molecule has 0 aromatic carbocycles. The van der Waals surface area contributed by atoms with E-state index in [9.17, 15) is 5.11 Å². The summed E-state index contributed by atoms with van der Waals surface area (Å²) < 4.78 is 1.05. The molecule has 1 unspecified atom stereocenters. The Morgan fingerprint density at radius 1 is 1.40 bits per heavy atom. The first-order valence-corrected chi connectivity index (χ1v) is 7.89. The summed E-state index contributed by atoms with van der Waals surface area (Å²) in [5, 5.41) is 15.0. The molecule has 1 aliphatic rings. The highest BCUT2D eigenvalue weighted by Crippen LogP contribution is 2.50. The highest BCUT2D eigenvalue weighted by atomic mass is 79.9. The van der Waals surface area contributed by atoms with Gasteiger partial charge in [0.05, 0.1) is 0 Å². The van der Waals surface area contributed by atoms with Crippen molar-refractivity contribution in [3.05, 3.63) is 20.8 Å². The fourth-order valence-corrected chi connectivity index (χ4v) is 5.30. The molecule has 1 N–H and O–H groups in total. The lowest BCUT2D eigenvalue weighted by atomic mass is 9.70. The number of aliphatic hydroxyl groups is 1. The van der Waals surface area contributed by atoms with E-state index in [1.54, 1.807) is 11.3 Å². The molecule has 0 radical (unpaired) electrons. The van der Waals surface area contributed by atoms with Crippen LogP contribution in [0.3, 0.4) is 0 Å². The van der Waals surface area contributed by atoms with Crippen LogP contribution in [-0.2, 0) is 5.60 Å². The van der Waals surface area contributed by atoms with Crippen molar-refractivity contribution in [3.63, 3.8) is 0 Å². The highest BCUT2D eigenvalue weighted by molar-refractivity contribution is 9.10. The third kappa shape index (κ3) is 1.90. The Bertz CT molecular complexity index is 361. The first-order chi connectivity index (χ1) is 6.97. The molecule has 1 fully saturated rings. The number of rotatable bonds is 1. The minimum Gasteiger partial charge on any atom is -0.384 e. The first-order valence-electron chi connectivity index (χ1n) is 5.00. The van der Waals surface area contributed by atoms with Gasteiger partial charge in [0.25, 0.3) is 0 Å². The summed E-state index contributed by atoms with van der Waals surface area (Å²) in [7, 11) is 0. The zero-order valence-electron chi connectivity index (χ0n) is 8.92. The van der Waals surface area contributed by atoms with E-state index >= 15 is 0 Å². The predicted molar refractivity (Wildman–Crippen MR) is 71.6 cm³/mol. The van der Waals surface area contributed by atoms with E-state index in [1.807, 2.05) is 17.1 Å². The molecular weight excluding hydrogens is 292 g/mol. The lowest BCUT2D eigenvalue weighted by Gasteiger charge is -2.46. The van der Waals surface area contributed by atoms with E-state index in [0.717, 1.165) is 28.0 Å². The van der Waals surface area contributed by atoms with Gasteiger partial charge < -0.3 is 5.11 Å². The average molecular weight is 307 g/mol. The summed E-state index contributed by atoms with van der Waals surface area (Å²) in [6.07, 6.45) is 1.07. The van der Waals surface area contributed by atoms with Crippen LogP contribution in [0.25, 0.3) is 0 Å². The summed E-state index contributed by atoms with van der Waals surface area (Å²) in [6.45, 7) is 4.33. The standard InChI is InChI=1S/C11H15BrOS2/c1-10(2)3-4-14-7-11(10,13)8-5-15-6-9(8)12/h5-6,13H,3-4,7H2,1-2H3. The van der Waals surface area contributed by atoms with Crippen LogP contribution in [-0.4, -0.2) is 16.6 Å². The molecule has 0 spiro atoms. The fourth-order valence-electron chi connectivity index (χ4n) is 1.97.